The van der Waals surface area contributed by atoms with E-state index in [2.05, 4.69) is 117 Å². The molecule has 0 saturated heterocycles. The molecule has 4 heterocycles. The molecule has 0 aliphatic heterocycles. The molecule has 4 aromatic carbocycles. The lowest BCUT2D eigenvalue weighted by Crippen LogP contribution is -2.42. The molecule has 0 atom stereocenters. The van der Waals surface area contributed by atoms with Crippen molar-refractivity contribution in [2.75, 3.05) is 102 Å². The summed E-state index contributed by atoms with van der Waals surface area (Å²) in [4.78, 5) is 2.38. The van der Waals surface area contributed by atoms with Crippen molar-refractivity contribution < 1.29 is 39.9 Å². The van der Waals surface area contributed by atoms with Crippen LogP contribution in [0.4, 0.5) is 69.3 Å². The van der Waals surface area contributed by atoms with Gasteiger partial charge < -0.3 is 35.2 Å². The Labute approximate surface area is 512 Å². The van der Waals surface area contributed by atoms with Crippen LogP contribution in [-0.2, 0) is 71.0 Å². The number of hydrogen-bond acceptors (Lipinski definition) is 17. The molecule has 27 heteroatoms. The molecule has 0 saturated carbocycles. The average Bonchev–Trinajstić information content (AvgIpc) is 4.47. The van der Waals surface area contributed by atoms with Crippen molar-refractivity contribution in [2.45, 2.75) is 25.7 Å². The number of quaternary nitrogens is 1. The smallest absolute Gasteiger partial charge is 0.421 e. The second kappa shape index (κ2) is 33.7. The fraction of sp³-hybridized carbons (Fsp3) is 0.400. The van der Waals surface area contributed by atoms with Gasteiger partial charge in [-0.1, -0.05) is 20.5 Å². The van der Waals surface area contributed by atoms with E-state index < -0.39 is 10.4 Å². The van der Waals surface area contributed by atoms with E-state index in [-0.39, 0.29) is 0 Å². The summed E-state index contributed by atoms with van der Waals surface area (Å²) in [5.41, 5.74) is 7.73. The zero-order chi connectivity index (χ0) is 62.8. The molecule has 0 aliphatic carbocycles. The van der Waals surface area contributed by atoms with Gasteiger partial charge in [0.25, 0.3) is 0 Å². The Morgan fingerprint density at radius 2 is 0.678 bits per heavy atom. The molecule has 0 spiro atoms. The number of nitrogens with one attached hydrogen (secondary N) is 4. The number of aryl methyl sites for hydroxylation is 8. The van der Waals surface area contributed by atoms with Gasteiger partial charge in [-0.2, -0.15) is 0 Å². The molecule has 87 heavy (non-hydrogen) atoms. The Morgan fingerprint density at radius 3 is 0.885 bits per heavy atom. The van der Waals surface area contributed by atoms with Gasteiger partial charge in [0.2, 0.25) is 10.4 Å². The highest BCUT2D eigenvalue weighted by molar-refractivity contribution is 7.80. The van der Waals surface area contributed by atoms with Crippen LogP contribution >= 0.6 is 0 Å². The monoisotopic (exact) mass is 1210 g/mol. The first kappa shape index (κ1) is 67.2. The van der Waals surface area contributed by atoms with Gasteiger partial charge in [0, 0.05) is 82.2 Å². The van der Waals surface area contributed by atoms with Gasteiger partial charge in [-0.15, -0.1) is 0 Å². The van der Waals surface area contributed by atoms with Crippen LogP contribution in [0.3, 0.4) is 0 Å². The van der Waals surface area contributed by atoms with Crippen LogP contribution in [0.15, 0.2) is 188 Å². The Bertz CT molecular complexity index is 3290. The standard InChI is InChI=1S/C30H42N11.C29H39N11.CH4O4S/c1-37-19-20-38(2)29(37)35-33-27-13-9-25(10-14-27)31-17-7-23-41(5,6)24-8-18-32-26-11-15-28(16-12-26)34-36-30-39(3)21-22-40(30)4;1-36(18-6-16-30-24-8-12-26(13-9-24)32-34-28-37(2)20-21-38(28)3)19-7-17-31-25-10-14-27(15-11-25)33-35-29-39(4)22-23-40(29)5;1-5-6(2,3)4/h9-16,19-22H,7-8,17-18,23-24H2,1-6H3;8-15,20-23H,6-7,16-19H2,1-5H3;1H3,(H,2,3,4)/q+1;;/p+3. The van der Waals surface area contributed by atoms with Crippen LogP contribution in [0.5, 0.6) is 0 Å². The molecule has 8 rings (SSSR count). The summed E-state index contributed by atoms with van der Waals surface area (Å²) >= 11 is 0. The van der Waals surface area contributed by atoms with Gasteiger partial charge in [0.1, 0.15) is 22.7 Å². The maximum absolute atomic E-state index is 9.22. The van der Waals surface area contributed by atoms with Gasteiger partial charge in [-0.05, 0) is 130 Å². The molecule has 26 nitrogen and oxygen atoms in total. The van der Waals surface area contributed by atoms with Crippen LogP contribution in [0.25, 0.3) is 0 Å². The van der Waals surface area contributed by atoms with E-state index in [4.69, 9.17) is 0 Å². The van der Waals surface area contributed by atoms with E-state index in [0.717, 1.165) is 159 Å². The maximum Gasteiger partial charge on any atom is 0.421 e. The van der Waals surface area contributed by atoms with Crippen molar-refractivity contribution in [3.8, 4) is 0 Å². The zero-order valence-electron chi connectivity index (χ0n) is 52.4. The number of imidazole rings is 4. The summed E-state index contributed by atoms with van der Waals surface area (Å²) in [5.74, 6) is 3.20. The quantitative estimate of drug-likeness (QED) is 0.00869. The number of azo groups is 4. The molecule has 4 N–H and O–H groups in total. The molecular weight excluding hydrogens is 1120 g/mol. The van der Waals surface area contributed by atoms with Crippen molar-refractivity contribution in [2.24, 2.45) is 97.3 Å². The molecule has 464 valence electrons. The molecule has 0 aliphatic rings. The van der Waals surface area contributed by atoms with Gasteiger partial charge in [-0.25, -0.2) is 45.0 Å². The third-order valence-electron chi connectivity index (χ3n) is 13.9. The minimum atomic E-state index is -4.41. The summed E-state index contributed by atoms with van der Waals surface area (Å²) in [6.07, 6.45) is 20.0. The second-order valence-electron chi connectivity index (χ2n) is 21.6. The largest absolute Gasteiger partial charge is 0.726 e. The van der Waals surface area contributed by atoms with Crippen molar-refractivity contribution in [3.63, 3.8) is 0 Å². The predicted octanol–water partition coefficient (Wildman–Crippen LogP) is 9.40. The minimum absolute atomic E-state index is 0.799. The van der Waals surface area contributed by atoms with Crippen LogP contribution in [0.2, 0.25) is 0 Å². The predicted molar refractivity (Wildman–Crippen MR) is 337 cm³/mol. The van der Waals surface area contributed by atoms with Crippen molar-refractivity contribution in [1.29, 1.82) is 0 Å². The van der Waals surface area contributed by atoms with Gasteiger partial charge >= 0.3 is 23.8 Å². The van der Waals surface area contributed by atoms with Crippen LogP contribution in [-0.4, -0.2) is 121 Å². The topological polar surface area (TPSA) is 252 Å². The third-order valence-corrected chi connectivity index (χ3v) is 14.3. The first-order valence-corrected chi connectivity index (χ1v) is 30.1. The number of rotatable bonds is 29. The van der Waals surface area contributed by atoms with E-state index in [9.17, 15) is 13.0 Å². The fourth-order valence-corrected chi connectivity index (χ4v) is 8.75. The molecule has 8 aromatic rings. The maximum atomic E-state index is 9.22. The van der Waals surface area contributed by atoms with E-state index in [1.165, 1.54) is 0 Å². The van der Waals surface area contributed by atoms with Crippen LogP contribution < -0.4 is 39.5 Å². The van der Waals surface area contributed by atoms with E-state index in [1.807, 2.05) is 215 Å². The lowest BCUT2D eigenvalue weighted by atomic mass is 10.2. The van der Waals surface area contributed by atoms with Gasteiger partial charge in [0.05, 0.1) is 140 Å². The van der Waals surface area contributed by atoms with Gasteiger partial charge in [0.15, 0.2) is 0 Å². The Hall–Kier alpha value is -8.89. The van der Waals surface area contributed by atoms with Crippen LogP contribution in [0.1, 0.15) is 25.7 Å². The molecule has 0 unspecified atom stereocenters. The number of nitrogens with zero attached hydrogens (tertiary/aromatic N) is 18. The highest BCUT2D eigenvalue weighted by Gasteiger charge is 2.16. The molecule has 0 bridgehead atoms. The number of anilines is 4. The van der Waals surface area contributed by atoms with E-state index in [1.54, 1.807) is 0 Å². The third kappa shape index (κ3) is 23.5. The SMILES string of the molecule is CN(CCCNc1ccc(N=Nc2n(C)cc[n+]2C)cc1)CCCNc1ccc(N=Nc2n(C)cc[n+]2C)cc1.COS(=O)(=O)[O-].Cn1cc[n+](C)c1N=Nc1ccc(NCCC[N+](C)(C)CCCNc2ccc(N=Nc3n(C)cc[n+]3C)cc2)cc1. The second-order valence-corrected chi connectivity index (χ2v) is 22.8. The minimum Gasteiger partial charge on any atom is -0.726 e. The number of aromatic nitrogens is 8. The zero-order valence-corrected chi connectivity index (χ0v) is 53.2. The van der Waals surface area contributed by atoms with Crippen molar-refractivity contribution >= 4 is 79.7 Å². The highest BCUT2D eigenvalue weighted by atomic mass is 32.3. The highest BCUT2D eigenvalue weighted by Crippen LogP contribution is 2.23. The van der Waals surface area contributed by atoms with Gasteiger partial charge in [-0.3, -0.25) is 4.18 Å². The molecule has 0 amide bonds. The Balaban J connectivity index is 0.000000254. The lowest BCUT2D eigenvalue weighted by Gasteiger charge is -2.30. The summed E-state index contributed by atoms with van der Waals surface area (Å²) < 4.78 is 47.5. The molecule has 0 radical (unpaired) electrons. The molecule has 4 aromatic heterocycles. The Kier molecular flexibility index (Phi) is 26.1. The number of hydrogen-bond donors (Lipinski definition) is 4. The first-order chi connectivity index (χ1) is 41.6. The normalized spacial score (nSPS) is 11.9. The summed E-state index contributed by atoms with van der Waals surface area (Å²) in [7, 11) is 18.8. The first-order valence-electron chi connectivity index (χ1n) is 28.7. The molecular formula is C60H88N22O4S+4. The summed E-state index contributed by atoms with van der Waals surface area (Å²) in [6, 6.07) is 32.3. The van der Waals surface area contributed by atoms with Crippen LogP contribution in [0, 0.1) is 0 Å². The average molecular weight is 1210 g/mol. The Morgan fingerprint density at radius 1 is 0.448 bits per heavy atom. The number of benzene rings is 4. The van der Waals surface area contributed by atoms with Crippen molar-refractivity contribution in [3.05, 3.63) is 147 Å². The lowest BCUT2D eigenvalue weighted by molar-refractivity contribution is -0.890. The van der Waals surface area contributed by atoms with E-state index >= 15 is 0 Å². The summed E-state index contributed by atoms with van der Waals surface area (Å²) in [5, 5.41) is 48.8. The fourth-order valence-electron chi connectivity index (χ4n) is 8.75. The van der Waals surface area contributed by atoms with E-state index in [0.29, 0.717) is 0 Å². The van der Waals surface area contributed by atoms with Crippen molar-refractivity contribution in [1.82, 2.24) is 23.2 Å². The molecule has 0 fully saturated rings. The summed E-state index contributed by atoms with van der Waals surface area (Å²) in [6.45, 7) is 8.05.